The molecule has 1 aliphatic heterocycles. The predicted molar refractivity (Wildman–Crippen MR) is 55.3 cm³/mol. The van der Waals surface area contributed by atoms with Gasteiger partial charge in [0.15, 0.2) is 0 Å². The zero-order valence-electron chi connectivity index (χ0n) is 8.47. The molecule has 1 unspecified atom stereocenters. The standard InChI is InChI=1S/C12H12O3/c1-9-7-10(12(13)15-9)8-14-11-5-3-2-4-6-11/h2-6,8-9H,7H2,1H3/b10-8-. The minimum absolute atomic E-state index is 0.0388. The maximum absolute atomic E-state index is 11.2. The molecule has 1 aromatic rings. The lowest BCUT2D eigenvalue weighted by molar-refractivity contribution is -0.138. The first-order valence-electron chi connectivity index (χ1n) is 4.87. The van der Waals surface area contributed by atoms with E-state index in [0.29, 0.717) is 12.0 Å². The molecule has 0 spiro atoms. The smallest absolute Gasteiger partial charge is 0.337 e. The third-order valence-corrected chi connectivity index (χ3v) is 2.16. The van der Waals surface area contributed by atoms with Crippen LogP contribution in [0.3, 0.4) is 0 Å². The molecule has 15 heavy (non-hydrogen) atoms. The van der Waals surface area contributed by atoms with Gasteiger partial charge in [-0.2, -0.15) is 0 Å². The second-order valence-electron chi connectivity index (χ2n) is 3.49. The molecular formula is C12H12O3. The van der Waals surface area contributed by atoms with Gasteiger partial charge < -0.3 is 9.47 Å². The summed E-state index contributed by atoms with van der Waals surface area (Å²) in [6, 6.07) is 9.33. The highest BCUT2D eigenvalue weighted by atomic mass is 16.6. The number of carbonyl (C=O) groups is 1. The number of hydrogen-bond acceptors (Lipinski definition) is 3. The van der Waals surface area contributed by atoms with Crippen LogP contribution in [-0.4, -0.2) is 12.1 Å². The summed E-state index contributed by atoms with van der Waals surface area (Å²) in [6.07, 6.45) is 2.05. The summed E-state index contributed by atoms with van der Waals surface area (Å²) in [6.45, 7) is 1.86. The minimum atomic E-state index is -0.279. The molecular weight excluding hydrogens is 192 g/mol. The van der Waals surface area contributed by atoms with Crippen molar-refractivity contribution in [3.8, 4) is 5.75 Å². The summed E-state index contributed by atoms with van der Waals surface area (Å²) in [5.74, 6) is 0.441. The Bertz CT molecular complexity index is 381. The Balaban J connectivity index is 2.03. The van der Waals surface area contributed by atoms with Gasteiger partial charge in [-0.25, -0.2) is 4.79 Å². The van der Waals surface area contributed by atoms with Crippen LogP contribution in [0.2, 0.25) is 0 Å². The number of cyclic esters (lactones) is 1. The molecule has 3 heteroatoms. The Labute approximate surface area is 88.3 Å². The monoisotopic (exact) mass is 204 g/mol. The van der Waals surface area contributed by atoms with E-state index in [1.54, 1.807) is 0 Å². The highest BCUT2D eigenvalue weighted by Gasteiger charge is 2.25. The number of esters is 1. The van der Waals surface area contributed by atoms with E-state index in [2.05, 4.69) is 0 Å². The number of hydrogen-bond donors (Lipinski definition) is 0. The molecule has 0 bridgehead atoms. The van der Waals surface area contributed by atoms with Crippen molar-refractivity contribution in [2.24, 2.45) is 0 Å². The molecule has 0 N–H and O–H groups in total. The molecule has 0 aliphatic carbocycles. The van der Waals surface area contributed by atoms with Crippen LogP contribution >= 0.6 is 0 Å². The van der Waals surface area contributed by atoms with Crippen molar-refractivity contribution >= 4 is 5.97 Å². The molecule has 3 nitrogen and oxygen atoms in total. The molecule has 0 saturated carbocycles. The van der Waals surface area contributed by atoms with Crippen molar-refractivity contribution in [1.82, 2.24) is 0 Å². The molecule has 0 amide bonds. The fourth-order valence-corrected chi connectivity index (χ4v) is 1.43. The first kappa shape index (κ1) is 9.77. The van der Waals surface area contributed by atoms with E-state index in [9.17, 15) is 4.79 Å². The van der Waals surface area contributed by atoms with Crippen molar-refractivity contribution in [3.05, 3.63) is 42.2 Å². The third-order valence-electron chi connectivity index (χ3n) is 2.16. The van der Waals surface area contributed by atoms with Gasteiger partial charge in [0.1, 0.15) is 18.1 Å². The fourth-order valence-electron chi connectivity index (χ4n) is 1.43. The van der Waals surface area contributed by atoms with Gasteiger partial charge in [0.2, 0.25) is 0 Å². The summed E-state index contributed by atoms with van der Waals surface area (Å²) in [5, 5.41) is 0. The SMILES string of the molecule is CC1C/C(=C/Oc2ccccc2)C(=O)O1. The van der Waals surface area contributed by atoms with Crippen molar-refractivity contribution in [2.45, 2.75) is 19.4 Å². The molecule has 0 aromatic heterocycles. The molecule has 1 fully saturated rings. The van der Waals surface area contributed by atoms with E-state index in [0.717, 1.165) is 5.75 Å². The van der Waals surface area contributed by atoms with Gasteiger partial charge in [0.25, 0.3) is 0 Å². The molecule has 1 aromatic carbocycles. The second kappa shape index (κ2) is 4.17. The van der Waals surface area contributed by atoms with Crippen molar-refractivity contribution in [3.63, 3.8) is 0 Å². The summed E-state index contributed by atoms with van der Waals surface area (Å²) in [5.41, 5.74) is 0.589. The van der Waals surface area contributed by atoms with Crippen molar-refractivity contribution in [1.29, 1.82) is 0 Å². The van der Waals surface area contributed by atoms with Gasteiger partial charge in [0.05, 0.1) is 5.57 Å². The quantitative estimate of drug-likeness (QED) is 0.421. The summed E-state index contributed by atoms with van der Waals surface area (Å²) >= 11 is 0. The van der Waals surface area contributed by atoms with E-state index in [4.69, 9.17) is 9.47 Å². The Hall–Kier alpha value is -1.77. The number of ether oxygens (including phenoxy) is 2. The van der Waals surface area contributed by atoms with Gasteiger partial charge in [-0.3, -0.25) is 0 Å². The zero-order valence-corrected chi connectivity index (χ0v) is 8.47. The number of para-hydroxylation sites is 1. The largest absolute Gasteiger partial charge is 0.464 e. The van der Waals surface area contributed by atoms with Gasteiger partial charge in [-0.15, -0.1) is 0 Å². The summed E-state index contributed by atoms with van der Waals surface area (Å²) in [7, 11) is 0. The third kappa shape index (κ3) is 2.37. The highest BCUT2D eigenvalue weighted by molar-refractivity contribution is 5.90. The van der Waals surface area contributed by atoms with E-state index in [1.165, 1.54) is 6.26 Å². The van der Waals surface area contributed by atoms with E-state index < -0.39 is 0 Å². The van der Waals surface area contributed by atoms with Crippen LogP contribution in [0, 0.1) is 0 Å². The second-order valence-corrected chi connectivity index (χ2v) is 3.49. The van der Waals surface area contributed by atoms with Gasteiger partial charge in [-0.1, -0.05) is 18.2 Å². The van der Waals surface area contributed by atoms with Crippen molar-refractivity contribution < 1.29 is 14.3 Å². The van der Waals surface area contributed by atoms with Crippen LogP contribution in [0.4, 0.5) is 0 Å². The Morgan fingerprint density at radius 2 is 2.13 bits per heavy atom. The lowest BCUT2D eigenvalue weighted by Gasteiger charge is -1.98. The zero-order chi connectivity index (χ0) is 10.7. The number of carbonyl (C=O) groups excluding carboxylic acids is 1. The number of benzene rings is 1. The molecule has 0 radical (unpaired) electrons. The average molecular weight is 204 g/mol. The highest BCUT2D eigenvalue weighted by Crippen LogP contribution is 2.20. The van der Waals surface area contributed by atoms with E-state index >= 15 is 0 Å². The molecule has 1 saturated heterocycles. The Kier molecular flexibility index (Phi) is 2.72. The van der Waals surface area contributed by atoms with Crippen molar-refractivity contribution in [2.75, 3.05) is 0 Å². The van der Waals surface area contributed by atoms with Crippen LogP contribution in [0.25, 0.3) is 0 Å². The minimum Gasteiger partial charge on any atom is -0.464 e. The van der Waals surface area contributed by atoms with Crippen LogP contribution in [0.1, 0.15) is 13.3 Å². The maximum Gasteiger partial charge on any atom is 0.337 e. The molecule has 1 atom stereocenters. The lowest BCUT2D eigenvalue weighted by atomic mass is 10.2. The summed E-state index contributed by atoms with van der Waals surface area (Å²) in [4.78, 5) is 11.2. The molecule has 1 heterocycles. The Morgan fingerprint density at radius 3 is 2.73 bits per heavy atom. The number of rotatable bonds is 2. The van der Waals surface area contributed by atoms with E-state index in [-0.39, 0.29) is 12.1 Å². The van der Waals surface area contributed by atoms with Gasteiger partial charge in [-0.05, 0) is 19.1 Å². The van der Waals surface area contributed by atoms with Gasteiger partial charge >= 0.3 is 5.97 Å². The first-order chi connectivity index (χ1) is 7.25. The van der Waals surface area contributed by atoms with E-state index in [1.807, 2.05) is 37.3 Å². The van der Waals surface area contributed by atoms with Crippen LogP contribution in [0.5, 0.6) is 5.75 Å². The van der Waals surface area contributed by atoms with Crippen LogP contribution < -0.4 is 4.74 Å². The summed E-state index contributed by atoms with van der Waals surface area (Å²) < 4.78 is 10.3. The normalized spacial score (nSPS) is 22.9. The predicted octanol–water partition coefficient (Wildman–Crippen LogP) is 2.28. The average Bonchev–Trinajstić information content (AvgIpc) is 2.56. The van der Waals surface area contributed by atoms with Crippen LogP contribution in [0.15, 0.2) is 42.2 Å². The fraction of sp³-hybridized carbons (Fsp3) is 0.250. The molecule has 78 valence electrons. The lowest BCUT2D eigenvalue weighted by Crippen LogP contribution is -2.00. The van der Waals surface area contributed by atoms with Crippen LogP contribution in [-0.2, 0) is 9.53 Å². The Morgan fingerprint density at radius 1 is 1.40 bits per heavy atom. The topological polar surface area (TPSA) is 35.5 Å². The molecule has 1 aliphatic rings. The van der Waals surface area contributed by atoms with Gasteiger partial charge in [0, 0.05) is 6.42 Å². The maximum atomic E-state index is 11.2. The molecule has 2 rings (SSSR count). The first-order valence-corrected chi connectivity index (χ1v) is 4.87.